The fraction of sp³-hybridized carbons (Fsp3) is 0.526. The zero-order valence-electron chi connectivity index (χ0n) is 14.0. The number of benzene rings is 1. The molecule has 1 N–H and O–H groups in total. The molecule has 4 rings (SSSR count). The Morgan fingerprint density at radius 2 is 1.76 bits per heavy atom. The number of quaternary nitrogens is 1. The molecule has 3 fully saturated rings. The second kappa shape index (κ2) is 6.54. The highest BCUT2D eigenvalue weighted by molar-refractivity contribution is 6.30. The van der Waals surface area contributed by atoms with Gasteiger partial charge >= 0.3 is 0 Å². The highest BCUT2D eigenvalue weighted by Crippen LogP contribution is 2.29. The maximum atomic E-state index is 13.0. The monoisotopic (exact) mass is 361 g/mol. The number of Topliss-reactive ketones (excluding diaryl/α,β-unsaturated/α-hetero) is 1. The lowest BCUT2D eigenvalue weighted by Gasteiger charge is -2.42. The van der Waals surface area contributed by atoms with E-state index in [1.54, 1.807) is 24.3 Å². The number of hydrogen-bond donors (Lipinski definition) is 1. The summed E-state index contributed by atoms with van der Waals surface area (Å²) in [5.41, 5.74) is 0.578. The molecule has 1 aliphatic carbocycles. The van der Waals surface area contributed by atoms with Crippen molar-refractivity contribution in [1.29, 1.82) is 0 Å². The summed E-state index contributed by atoms with van der Waals surface area (Å²) >= 11 is 5.91. The molecule has 1 aromatic carbocycles. The van der Waals surface area contributed by atoms with Crippen LogP contribution in [0.15, 0.2) is 24.3 Å². The van der Waals surface area contributed by atoms with E-state index in [9.17, 15) is 14.4 Å². The zero-order chi connectivity index (χ0) is 17.6. The van der Waals surface area contributed by atoms with Crippen molar-refractivity contribution in [1.82, 2.24) is 0 Å². The molecule has 1 aromatic rings. The van der Waals surface area contributed by atoms with E-state index in [2.05, 4.69) is 0 Å². The van der Waals surface area contributed by atoms with Crippen molar-refractivity contribution >= 4 is 34.9 Å². The van der Waals surface area contributed by atoms with Crippen molar-refractivity contribution in [3.63, 3.8) is 0 Å². The molecule has 0 aromatic heterocycles. The quantitative estimate of drug-likeness (QED) is 0.810. The third-order valence-corrected chi connectivity index (χ3v) is 6.25. The number of hydrogen-bond acceptors (Lipinski definition) is 3. The van der Waals surface area contributed by atoms with Gasteiger partial charge in [-0.25, -0.2) is 4.90 Å². The molecule has 0 radical (unpaired) electrons. The summed E-state index contributed by atoms with van der Waals surface area (Å²) in [7, 11) is 0. The fourth-order valence-electron chi connectivity index (χ4n) is 4.81. The third kappa shape index (κ3) is 2.89. The minimum atomic E-state index is -0.359. The smallest absolute Gasteiger partial charge is 0.292 e. The van der Waals surface area contributed by atoms with Crippen LogP contribution in [0.2, 0.25) is 5.02 Å². The first-order chi connectivity index (χ1) is 12.1. The standard InChI is InChI=1S/C19H21ClN2O3/c20-12-5-7-13(8-6-12)22-18(24)11-16(19(22)25)21-10-9-17(23)14-3-1-2-4-15(14)21/h5-8,14-16H,1-4,9-11H2/p+1/t14-,15-,16-/m1/s1. The highest BCUT2D eigenvalue weighted by Gasteiger charge is 2.52. The number of rotatable bonds is 2. The number of anilines is 1. The Balaban J connectivity index is 1.59. The summed E-state index contributed by atoms with van der Waals surface area (Å²) in [5, 5.41) is 0.574. The Labute approximate surface area is 151 Å². The number of ketones is 1. The molecule has 1 unspecified atom stereocenters. The number of halogens is 1. The van der Waals surface area contributed by atoms with Crippen molar-refractivity contribution in [3.05, 3.63) is 29.3 Å². The molecule has 6 heteroatoms. The van der Waals surface area contributed by atoms with Gasteiger partial charge in [0.1, 0.15) is 5.78 Å². The molecule has 1 saturated carbocycles. The molecule has 132 valence electrons. The van der Waals surface area contributed by atoms with Gasteiger partial charge in [0.05, 0.1) is 37.0 Å². The third-order valence-electron chi connectivity index (χ3n) is 5.99. The minimum Gasteiger partial charge on any atom is -0.321 e. The van der Waals surface area contributed by atoms with Crippen LogP contribution < -0.4 is 9.80 Å². The average molecular weight is 362 g/mol. The molecule has 5 nitrogen and oxygen atoms in total. The van der Waals surface area contributed by atoms with Crippen LogP contribution in [0.4, 0.5) is 5.69 Å². The van der Waals surface area contributed by atoms with E-state index in [4.69, 9.17) is 11.6 Å². The number of carbonyl (C=O) groups is 3. The van der Waals surface area contributed by atoms with E-state index in [1.165, 1.54) is 4.90 Å². The predicted octanol–water partition coefficient (Wildman–Crippen LogP) is 1.39. The maximum Gasteiger partial charge on any atom is 0.292 e. The lowest BCUT2D eigenvalue weighted by atomic mass is 9.77. The Kier molecular flexibility index (Phi) is 4.38. The minimum absolute atomic E-state index is 0.0741. The number of piperidine rings is 1. The zero-order valence-corrected chi connectivity index (χ0v) is 14.8. The van der Waals surface area contributed by atoms with Gasteiger partial charge < -0.3 is 4.90 Å². The van der Waals surface area contributed by atoms with Crippen molar-refractivity contribution in [2.24, 2.45) is 5.92 Å². The first-order valence-electron chi connectivity index (χ1n) is 9.07. The van der Waals surface area contributed by atoms with Crippen LogP contribution in [0, 0.1) is 5.92 Å². The van der Waals surface area contributed by atoms with Crippen molar-refractivity contribution in [2.45, 2.75) is 50.6 Å². The molecule has 25 heavy (non-hydrogen) atoms. The molecular formula is C19H22ClN2O3+. The molecule has 3 aliphatic rings. The van der Waals surface area contributed by atoms with Gasteiger partial charge in [-0.05, 0) is 37.1 Å². The predicted molar refractivity (Wildman–Crippen MR) is 93.5 cm³/mol. The van der Waals surface area contributed by atoms with E-state index in [0.29, 0.717) is 29.5 Å². The molecular weight excluding hydrogens is 340 g/mol. The van der Waals surface area contributed by atoms with E-state index in [-0.39, 0.29) is 36.2 Å². The van der Waals surface area contributed by atoms with Gasteiger partial charge in [0.2, 0.25) is 5.91 Å². The van der Waals surface area contributed by atoms with Gasteiger partial charge in [0.25, 0.3) is 5.91 Å². The Hall–Kier alpha value is -1.72. The number of imide groups is 1. The number of fused-ring (bicyclic) bond motifs is 1. The van der Waals surface area contributed by atoms with Crippen LogP contribution in [-0.4, -0.2) is 36.2 Å². The summed E-state index contributed by atoms with van der Waals surface area (Å²) in [4.78, 5) is 40.3. The van der Waals surface area contributed by atoms with Gasteiger partial charge in [-0.15, -0.1) is 0 Å². The second-order valence-corrected chi connectivity index (χ2v) is 7.78. The summed E-state index contributed by atoms with van der Waals surface area (Å²) < 4.78 is 0. The fourth-order valence-corrected chi connectivity index (χ4v) is 4.94. The van der Waals surface area contributed by atoms with Crippen LogP contribution >= 0.6 is 11.6 Å². The molecule has 0 spiro atoms. The van der Waals surface area contributed by atoms with Crippen LogP contribution in [-0.2, 0) is 14.4 Å². The molecule has 2 aliphatic heterocycles. The van der Waals surface area contributed by atoms with Crippen molar-refractivity contribution < 1.29 is 19.3 Å². The van der Waals surface area contributed by atoms with E-state index >= 15 is 0 Å². The lowest BCUT2D eigenvalue weighted by molar-refractivity contribution is -0.945. The first kappa shape index (κ1) is 16.7. The number of nitrogens with zero attached hydrogens (tertiary/aromatic N) is 1. The summed E-state index contributed by atoms with van der Waals surface area (Å²) in [5.74, 6) is 0.125. The SMILES string of the molecule is O=C1CC[NH+]([C@@H]2CC(=O)N(c3ccc(Cl)cc3)C2=O)[C@@H]2CCCC[C@@H]12. The number of amides is 2. The first-order valence-corrected chi connectivity index (χ1v) is 9.44. The molecule has 0 bridgehead atoms. The largest absolute Gasteiger partial charge is 0.321 e. The Morgan fingerprint density at radius 1 is 1.04 bits per heavy atom. The number of carbonyl (C=O) groups excluding carboxylic acids is 3. The topological polar surface area (TPSA) is 58.9 Å². The van der Waals surface area contributed by atoms with Crippen LogP contribution in [0.1, 0.15) is 38.5 Å². The van der Waals surface area contributed by atoms with Crippen molar-refractivity contribution in [3.8, 4) is 0 Å². The average Bonchev–Trinajstić information content (AvgIpc) is 2.91. The van der Waals surface area contributed by atoms with E-state index < -0.39 is 0 Å². The number of nitrogens with one attached hydrogen (secondary N) is 1. The van der Waals surface area contributed by atoms with Gasteiger partial charge in [-0.2, -0.15) is 0 Å². The van der Waals surface area contributed by atoms with E-state index in [0.717, 1.165) is 30.6 Å². The molecule has 2 saturated heterocycles. The van der Waals surface area contributed by atoms with Crippen LogP contribution in [0.5, 0.6) is 0 Å². The van der Waals surface area contributed by atoms with Crippen LogP contribution in [0.3, 0.4) is 0 Å². The van der Waals surface area contributed by atoms with Crippen molar-refractivity contribution in [2.75, 3.05) is 11.4 Å². The summed E-state index contributed by atoms with van der Waals surface area (Å²) in [6, 6.07) is 6.63. The van der Waals surface area contributed by atoms with Crippen LogP contribution in [0.25, 0.3) is 0 Å². The summed E-state index contributed by atoms with van der Waals surface area (Å²) in [6.45, 7) is 0.665. The van der Waals surface area contributed by atoms with E-state index in [1.807, 2.05) is 0 Å². The highest BCUT2D eigenvalue weighted by atomic mass is 35.5. The van der Waals surface area contributed by atoms with Gasteiger partial charge in [-0.3, -0.25) is 14.4 Å². The maximum absolute atomic E-state index is 13.0. The second-order valence-electron chi connectivity index (χ2n) is 7.34. The molecule has 2 heterocycles. The Morgan fingerprint density at radius 3 is 2.52 bits per heavy atom. The molecule has 4 atom stereocenters. The summed E-state index contributed by atoms with van der Waals surface area (Å²) in [6.07, 6.45) is 4.86. The Bertz CT molecular complexity index is 718. The lowest BCUT2D eigenvalue weighted by Crippen LogP contribution is -3.22. The number of likely N-dealkylation sites (tertiary alicyclic amines) is 1. The molecule has 2 amide bonds. The van der Waals surface area contributed by atoms with Gasteiger partial charge in [0, 0.05) is 11.4 Å². The normalized spacial score (nSPS) is 32.8. The van der Waals surface area contributed by atoms with Gasteiger partial charge in [0.15, 0.2) is 6.04 Å². The van der Waals surface area contributed by atoms with Gasteiger partial charge in [-0.1, -0.05) is 18.0 Å².